The lowest BCUT2D eigenvalue weighted by atomic mass is 10.3. The number of nitrogens with zero attached hydrogens (tertiary/aromatic N) is 2. The third-order valence-corrected chi connectivity index (χ3v) is 3.09. The molecule has 0 unspecified atom stereocenters. The average Bonchev–Trinajstić information content (AvgIpc) is 2.41. The number of nitrogens with two attached hydrogens (primary N) is 1. The fourth-order valence-corrected chi connectivity index (χ4v) is 2.11. The molecule has 1 aromatic rings. The summed E-state index contributed by atoms with van der Waals surface area (Å²) in [5, 5.41) is 8.78. The number of aromatic nitrogens is 2. The van der Waals surface area contributed by atoms with E-state index in [2.05, 4.69) is 4.98 Å². The molecule has 118 valence electrons. The lowest BCUT2D eigenvalue weighted by Crippen LogP contribution is -2.42. The second-order valence-electron chi connectivity index (χ2n) is 4.24. The van der Waals surface area contributed by atoms with Gasteiger partial charge in [0.2, 0.25) is 0 Å². The first-order chi connectivity index (χ1) is 9.90. The van der Waals surface area contributed by atoms with Crippen LogP contribution in [-0.4, -0.2) is 51.5 Å². The van der Waals surface area contributed by atoms with Crippen molar-refractivity contribution >= 4 is 34.9 Å². The third kappa shape index (κ3) is 4.76. The first-order valence-corrected chi connectivity index (χ1v) is 7.16. The maximum atomic E-state index is 11.9. The fourth-order valence-electron chi connectivity index (χ4n) is 1.71. The Labute approximate surface area is 130 Å². The lowest BCUT2D eigenvalue weighted by Gasteiger charge is -2.22. The van der Waals surface area contributed by atoms with Crippen LogP contribution in [0.2, 0.25) is 0 Å². The van der Waals surface area contributed by atoms with E-state index in [1.54, 1.807) is 4.90 Å². The van der Waals surface area contributed by atoms with Crippen LogP contribution < -0.4 is 21.9 Å². The Morgan fingerprint density at radius 1 is 1.38 bits per heavy atom. The Balaban J connectivity index is 3.18. The zero-order valence-corrected chi connectivity index (χ0v) is 12.6. The molecule has 0 bridgehead atoms. The van der Waals surface area contributed by atoms with E-state index in [4.69, 9.17) is 34.0 Å². The maximum Gasteiger partial charge on any atom is 0.328 e. The minimum absolute atomic E-state index is 0.188. The van der Waals surface area contributed by atoms with Crippen molar-refractivity contribution in [3.05, 3.63) is 27.0 Å². The second kappa shape index (κ2) is 8.06. The Kier molecular flexibility index (Phi) is 6.73. The van der Waals surface area contributed by atoms with Gasteiger partial charge in [0.1, 0.15) is 11.7 Å². The quantitative estimate of drug-likeness (QED) is 0.535. The Hall–Kier alpha value is -1.51. The molecule has 0 saturated carbocycles. The maximum absolute atomic E-state index is 11.9. The van der Waals surface area contributed by atoms with Gasteiger partial charge in [-0.2, -0.15) is 0 Å². The van der Waals surface area contributed by atoms with E-state index in [0.717, 1.165) is 4.57 Å². The van der Waals surface area contributed by atoms with Crippen LogP contribution in [0, 0.1) is 0 Å². The predicted molar refractivity (Wildman–Crippen MR) is 80.6 cm³/mol. The van der Waals surface area contributed by atoms with E-state index >= 15 is 0 Å². The van der Waals surface area contributed by atoms with E-state index < -0.39 is 23.3 Å². The van der Waals surface area contributed by atoms with Gasteiger partial charge in [-0.1, -0.05) is 0 Å². The zero-order valence-electron chi connectivity index (χ0n) is 11.1. The molecule has 8 nitrogen and oxygen atoms in total. The molecular formula is C11H16Cl2N4O4. The van der Waals surface area contributed by atoms with Gasteiger partial charge in [0.15, 0.2) is 0 Å². The smallest absolute Gasteiger partial charge is 0.328 e. The van der Waals surface area contributed by atoms with Gasteiger partial charge in [-0.05, 0) is 0 Å². The molecule has 1 aromatic heterocycles. The number of halogens is 2. The minimum atomic E-state index is -1.25. The van der Waals surface area contributed by atoms with Crippen LogP contribution in [0.4, 0.5) is 5.69 Å². The summed E-state index contributed by atoms with van der Waals surface area (Å²) >= 11 is 11.3. The number of aliphatic carboxylic acids is 1. The van der Waals surface area contributed by atoms with Crippen molar-refractivity contribution in [1.29, 1.82) is 0 Å². The normalized spacial score (nSPS) is 12.1. The molecular weight excluding hydrogens is 323 g/mol. The average molecular weight is 339 g/mol. The number of carboxylic acid groups (broad SMARTS) is 1. The van der Waals surface area contributed by atoms with Crippen molar-refractivity contribution in [2.45, 2.75) is 12.6 Å². The van der Waals surface area contributed by atoms with Crippen LogP contribution >= 0.6 is 23.2 Å². The van der Waals surface area contributed by atoms with Gasteiger partial charge in [-0.15, -0.1) is 23.2 Å². The first kappa shape index (κ1) is 17.5. The number of anilines is 1. The zero-order chi connectivity index (χ0) is 16.0. The molecule has 1 atom stereocenters. The van der Waals surface area contributed by atoms with Crippen molar-refractivity contribution < 1.29 is 9.90 Å². The Morgan fingerprint density at radius 2 is 1.95 bits per heavy atom. The second-order valence-corrected chi connectivity index (χ2v) is 4.99. The largest absolute Gasteiger partial charge is 0.480 e. The van der Waals surface area contributed by atoms with E-state index in [-0.39, 0.29) is 24.0 Å². The summed E-state index contributed by atoms with van der Waals surface area (Å²) in [6.45, 7) is 0.467. The number of rotatable bonds is 8. The summed E-state index contributed by atoms with van der Waals surface area (Å²) < 4.78 is 1.05. The Bertz CT molecular complexity index is 595. The van der Waals surface area contributed by atoms with Crippen molar-refractivity contribution in [2.75, 3.05) is 29.7 Å². The topological polar surface area (TPSA) is 121 Å². The number of alkyl halides is 2. The number of H-pyrrole nitrogens is 1. The molecule has 10 heteroatoms. The standard InChI is InChI=1S/C11H16Cl2N4O4/c12-1-3-16(4-2-13)8-6-17(5-7(14)10(19)20)11(21)15-9(8)18/h6-7H,1-5,14H2,(H,19,20)(H,15,18,21)/t7-/m1/s1. The van der Waals surface area contributed by atoms with Crippen molar-refractivity contribution in [2.24, 2.45) is 5.73 Å². The first-order valence-electron chi connectivity index (χ1n) is 6.09. The molecule has 0 radical (unpaired) electrons. The van der Waals surface area contributed by atoms with Gasteiger partial charge < -0.3 is 15.7 Å². The van der Waals surface area contributed by atoms with Crippen LogP contribution in [0.1, 0.15) is 0 Å². The molecule has 0 amide bonds. The van der Waals surface area contributed by atoms with Gasteiger partial charge in [-0.25, -0.2) is 4.79 Å². The van der Waals surface area contributed by atoms with E-state index in [9.17, 15) is 14.4 Å². The number of carbonyl (C=O) groups is 1. The molecule has 21 heavy (non-hydrogen) atoms. The van der Waals surface area contributed by atoms with E-state index in [1.165, 1.54) is 6.20 Å². The summed E-state index contributed by atoms with van der Waals surface area (Å²) in [4.78, 5) is 38.0. The minimum Gasteiger partial charge on any atom is -0.480 e. The van der Waals surface area contributed by atoms with Gasteiger partial charge in [0.25, 0.3) is 5.56 Å². The van der Waals surface area contributed by atoms with Crippen molar-refractivity contribution in [3.8, 4) is 0 Å². The van der Waals surface area contributed by atoms with Gasteiger partial charge in [0, 0.05) is 31.0 Å². The molecule has 0 spiro atoms. The molecule has 1 rings (SSSR count). The highest BCUT2D eigenvalue weighted by Gasteiger charge is 2.16. The van der Waals surface area contributed by atoms with Crippen LogP contribution in [0.15, 0.2) is 15.8 Å². The number of hydrogen-bond donors (Lipinski definition) is 3. The van der Waals surface area contributed by atoms with E-state index in [0.29, 0.717) is 13.1 Å². The number of aromatic amines is 1. The highest BCUT2D eigenvalue weighted by Crippen LogP contribution is 2.06. The highest BCUT2D eigenvalue weighted by molar-refractivity contribution is 6.18. The molecule has 0 aliphatic carbocycles. The lowest BCUT2D eigenvalue weighted by molar-refractivity contribution is -0.138. The summed E-state index contributed by atoms with van der Waals surface area (Å²) in [5.74, 6) is -0.707. The molecule has 0 aliphatic heterocycles. The predicted octanol–water partition coefficient (Wildman–Crippen LogP) is -0.767. The molecule has 1 heterocycles. The number of carboxylic acids is 1. The molecule has 0 aromatic carbocycles. The number of nitrogens with one attached hydrogen (secondary N) is 1. The molecule has 0 saturated heterocycles. The fraction of sp³-hybridized carbons (Fsp3) is 0.545. The van der Waals surface area contributed by atoms with Gasteiger partial charge in [-0.3, -0.25) is 19.1 Å². The van der Waals surface area contributed by atoms with Crippen molar-refractivity contribution in [3.63, 3.8) is 0 Å². The Morgan fingerprint density at radius 3 is 2.43 bits per heavy atom. The van der Waals surface area contributed by atoms with Crippen LogP contribution in [-0.2, 0) is 11.3 Å². The van der Waals surface area contributed by atoms with Crippen LogP contribution in [0.5, 0.6) is 0 Å². The summed E-state index contributed by atoms with van der Waals surface area (Å²) in [6.07, 6.45) is 1.27. The number of hydrogen-bond acceptors (Lipinski definition) is 5. The monoisotopic (exact) mass is 338 g/mol. The van der Waals surface area contributed by atoms with Crippen molar-refractivity contribution in [1.82, 2.24) is 9.55 Å². The molecule has 0 fully saturated rings. The van der Waals surface area contributed by atoms with Crippen LogP contribution in [0.3, 0.4) is 0 Å². The van der Waals surface area contributed by atoms with E-state index in [1.807, 2.05) is 0 Å². The third-order valence-electron chi connectivity index (χ3n) is 2.75. The summed E-state index contributed by atoms with van der Waals surface area (Å²) in [5.41, 5.74) is 4.27. The summed E-state index contributed by atoms with van der Waals surface area (Å²) in [7, 11) is 0. The van der Waals surface area contributed by atoms with Gasteiger partial charge >= 0.3 is 11.7 Å². The van der Waals surface area contributed by atoms with Gasteiger partial charge in [0.05, 0.1) is 6.54 Å². The highest BCUT2D eigenvalue weighted by atomic mass is 35.5. The summed E-state index contributed by atoms with van der Waals surface area (Å²) in [6, 6.07) is -1.25. The molecule has 0 aliphatic rings. The van der Waals surface area contributed by atoms with Crippen LogP contribution in [0.25, 0.3) is 0 Å². The molecule has 4 N–H and O–H groups in total. The SMILES string of the molecule is N[C@H](Cn1cc(N(CCCl)CCCl)c(=O)[nH]c1=O)C(=O)O.